The van der Waals surface area contributed by atoms with Crippen LogP contribution in [-0.2, 0) is 16.0 Å². The van der Waals surface area contributed by atoms with Crippen LogP contribution in [0.2, 0.25) is 0 Å². The predicted octanol–water partition coefficient (Wildman–Crippen LogP) is 2.69. The average molecular weight is 431 g/mol. The molecule has 0 saturated carbocycles. The minimum Gasteiger partial charge on any atom is -0.361 e. The van der Waals surface area contributed by atoms with Crippen molar-refractivity contribution in [3.63, 3.8) is 0 Å². The molecular formula is C25H26N4O3. The van der Waals surface area contributed by atoms with E-state index in [1.165, 1.54) is 4.90 Å². The molecule has 1 saturated heterocycles. The minimum absolute atomic E-state index is 0.125. The first kappa shape index (κ1) is 21.6. The Morgan fingerprint density at radius 3 is 2.16 bits per heavy atom. The lowest BCUT2D eigenvalue weighted by molar-refractivity contribution is -0.165. The number of pyridine rings is 2. The van der Waals surface area contributed by atoms with Gasteiger partial charge in [-0.05, 0) is 41.0 Å². The molecule has 2 aromatic heterocycles. The first-order chi connectivity index (χ1) is 15.5. The van der Waals surface area contributed by atoms with Crippen molar-refractivity contribution in [2.24, 2.45) is 0 Å². The molecule has 7 nitrogen and oxygen atoms in total. The van der Waals surface area contributed by atoms with E-state index in [2.05, 4.69) is 9.97 Å². The van der Waals surface area contributed by atoms with E-state index in [1.54, 1.807) is 55.9 Å². The molecular weight excluding hydrogens is 404 g/mol. The Labute approximate surface area is 187 Å². The molecule has 3 heterocycles. The van der Waals surface area contributed by atoms with Gasteiger partial charge in [0.2, 0.25) is 0 Å². The summed E-state index contributed by atoms with van der Waals surface area (Å²) in [6.07, 6.45) is 7.09. The van der Waals surface area contributed by atoms with Crippen LogP contribution in [0.3, 0.4) is 0 Å². The van der Waals surface area contributed by atoms with Gasteiger partial charge in [0.15, 0.2) is 5.60 Å². The summed E-state index contributed by atoms with van der Waals surface area (Å²) < 4.78 is 6.12. The lowest BCUT2D eigenvalue weighted by Crippen LogP contribution is -2.61. The smallest absolute Gasteiger partial charge is 0.256 e. The number of amides is 2. The van der Waals surface area contributed by atoms with Gasteiger partial charge in [-0.3, -0.25) is 19.6 Å². The maximum Gasteiger partial charge on any atom is 0.256 e. The molecule has 1 atom stereocenters. The van der Waals surface area contributed by atoms with Crippen LogP contribution in [0.5, 0.6) is 0 Å². The summed E-state index contributed by atoms with van der Waals surface area (Å²) in [6.45, 7) is 0.924. The first-order valence-corrected chi connectivity index (χ1v) is 10.5. The number of hydrogen-bond donors (Lipinski definition) is 0. The van der Waals surface area contributed by atoms with Crippen molar-refractivity contribution in [2.45, 2.75) is 12.0 Å². The van der Waals surface area contributed by atoms with Crippen molar-refractivity contribution in [1.82, 2.24) is 19.8 Å². The number of rotatable bonds is 5. The van der Waals surface area contributed by atoms with E-state index < -0.39 is 5.60 Å². The Bertz CT molecular complexity index is 1070. The largest absolute Gasteiger partial charge is 0.361 e. The molecule has 7 heteroatoms. The normalized spacial score (nSPS) is 18.2. The molecule has 0 N–H and O–H groups in total. The zero-order valence-corrected chi connectivity index (χ0v) is 18.3. The average Bonchev–Trinajstić information content (AvgIpc) is 2.84. The second-order valence-corrected chi connectivity index (χ2v) is 8.11. The quantitative estimate of drug-likeness (QED) is 0.622. The topological polar surface area (TPSA) is 75.6 Å². The molecule has 4 rings (SSSR count). The van der Waals surface area contributed by atoms with Crippen LogP contribution >= 0.6 is 0 Å². The van der Waals surface area contributed by atoms with Crippen LogP contribution in [0.25, 0.3) is 11.1 Å². The molecule has 1 aromatic carbocycles. The molecule has 1 aliphatic rings. The van der Waals surface area contributed by atoms with Gasteiger partial charge in [-0.25, -0.2) is 0 Å². The maximum atomic E-state index is 13.3. The fourth-order valence-electron chi connectivity index (χ4n) is 4.04. The number of aromatic nitrogens is 2. The van der Waals surface area contributed by atoms with E-state index >= 15 is 0 Å². The van der Waals surface area contributed by atoms with E-state index in [0.29, 0.717) is 25.1 Å². The fraction of sp³-hybridized carbons (Fsp3) is 0.280. The highest BCUT2D eigenvalue weighted by Gasteiger charge is 2.46. The Hall–Kier alpha value is -3.58. The van der Waals surface area contributed by atoms with E-state index in [1.807, 2.05) is 36.4 Å². The third kappa shape index (κ3) is 4.53. The highest BCUT2D eigenvalue weighted by atomic mass is 16.5. The number of benzene rings is 1. The molecule has 0 unspecified atom stereocenters. The molecule has 2 amide bonds. The lowest BCUT2D eigenvalue weighted by atomic mass is 9.90. The number of hydrogen-bond acceptors (Lipinski definition) is 5. The molecule has 1 fully saturated rings. The van der Waals surface area contributed by atoms with Gasteiger partial charge in [0.1, 0.15) is 0 Å². The lowest BCUT2D eigenvalue weighted by Gasteiger charge is -2.43. The van der Waals surface area contributed by atoms with Crippen LogP contribution in [0.1, 0.15) is 15.9 Å². The fourth-order valence-corrected chi connectivity index (χ4v) is 4.04. The SMILES string of the molecule is CN(C)C(=O)[C@@]1(Cc2ccc(-c3ccncc3)cc2)CN(C(=O)c2ccncc2)CCO1. The summed E-state index contributed by atoms with van der Waals surface area (Å²) in [5.41, 5.74) is 2.53. The highest BCUT2D eigenvalue weighted by Crippen LogP contribution is 2.28. The van der Waals surface area contributed by atoms with E-state index in [9.17, 15) is 9.59 Å². The summed E-state index contributed by atoms with van der Waals surface area (Å²) >= 11 is 0. The molecule has 1 aliphatic heterocycles. The highest BCUT2D eigenvalue weighted by molar-refractivity contribution is 5.95. The maximum absolute atomic E-state index is 13.3. The van der Waals surface area contributed by atoms with Crippen molar-refractivity contribution in [1.29, 1.82) is 0 Å². The van der Waals surface area contributed by atoms with Crippen molar-refractivity contribution in [2.75, 3.05) is 33.8 Å². The second-order valence-electron chi connectivity index (χ2n) is 8.11. The number of carbonyl (C=O) groups is 2. The van der Waals surface area contributed by atoms with Gasteiger partial charge in [-0.2, -0.15) is 0 Å². The van der Waals surface area contributed by atoms with Crippen LogP contribution in [0, 0.1) is 0 Å². The molecule has 0 radical (unpaired) electrons. The van der Waals surface area contributed by atoms with Gasteiger partial charge in [0, 0.05) is 57.4 Å². The first-order valence-electron chi connectivity index (χ1n) is 10.5. The monoisotopic (exact) mass is 430 g/mol. The molecule has 0 spiro atoms. The van der Waals surface area contributed by atoms with Crippen molar-refractivity contribution in [3.8, 4) is 11.1 Å². The third-order valence-corrected chi connectivity index (χ3v) is 5.65. The minimum atomic E-state index is -1.14. The predicted molar refractivity (Wildman–Crippen MR) is 121 cm³/mol. The Balaban J connectivity index is 1.59. The number of carbonyl (C=O) groups excluding carboxylic acids is 2. The Morgan fingerprint density at radius 2 is 1.53 bits per heavy atom. The van der Waals surface area contributed by atoms with Gasteiger partial charge >= 0.3 is 0 Å². The van der Waals surface area contributed by atoms with Gasteiger partial charge in [-0.15, -0.1) is 0 Å². The second kappa shape index (κ2) is 9.28. The van der Waals surface area contributed by atoms with Crippen LogP contribution < -0.4 is 0 Å². The van der Waals surface area contributed by atoms with Crippen LogP contribution in [0.4, 0.5) is 0 Å². The zero-order chi connectivity index (χ0) is 22.6. The standard InChI is InChI=1S/C25H26N4O3/c1-28(2)24(31)25(17-19-3-5-20(6-4-19)21-7-11-26-12-8-21)18-29(15-16-32-25)23(30)22-9-13-27-14-10-22/h3-14H,15-18H2,1-2H3/t25-/m1/s1. The van der Waals surface area contributed by atoms with Gasteiger partial charge < -0.3 is 14.5 Å². The van der Waals surface area contributed by atoms with E-state index in [4.69, 9.17) is 4.74 Å². The molecule has 0 bridgehead atoms. The van der Waals surface area contributed by atoms with E-state index in [0.717, 1.165) is 16.7 Å². The summed E-state index contributed by atoms with van der Waals surface area (Å²) in [6, 6.07) is 15.4. The Kier molecular flexibility index (Phi) is 6.28. The molecule has 164 valence electrons. The number of nitrogens with zero attached hydrogens (tertiary/aromatic N) is 4. The zero-order valence-electron chi connectivity index (χ0n) is 18.3. The molecule has 3 aromatic rings. The number of morpholine rings is 1. The Morgan fingerprint density at radius 1 is 0.938 bits per heavy atom. The van der Waals surface area contributed by atoms with E-state index in [-0.39, 0.29) is 18.4 Å². The summed E-state index contributed by atoms with van der Waals surface area (Å²) in [5, 5.41) is 0. The number of likely N-dealkylation sites (N-methyl/N-ethyl adjacent to an activating group) is 1. The van der Waals surface area contributed by atoms with Gasteiger partial charge in [-0.1, -0.05) is 24.3 Å². The summed E-state index contributed by atoms with van der Waals surface area (Å²) in [7, 11) is 3.42. The van der Waals surface area contributed by atoms with Crippen molar-refractivity contribution in [3.05, 3.63) is 84.4 Å². The summed E-state index contributed by atoms with van der Waals surface area (Å²) in [4.78, 5) is 37.6. The van der Waals surface area contributed by atoms with Gasteiger partial charge in [0.25, 0.3) is 11.8 Å². The summed E-state index contributed by atoms with van der Waals surface area (Å²) in [5.74, 6) is -0.275. The van der Waals surface area contributed by atoms with Crippen molar-refractivity contribution >= 4 is 11.8 Å². The number of ether oxygens (including phenoxy) is 1. The van der Waals surface area contributed by atoms with Crippen LogP contribution in [0.15, 0.2) is 73.3 Å². The third-order valence-electron chi connectivity index (χ3n) is 5.65. The van der Waals surface area contributed by atoms with Crippen molar-refractivity contribution < 1.29 is 14.3 Å². The molecule has 32 heavy (non-hydrogen) atoms. The van der Waals surface area contributed by atoms with Gasteiger partial charge in [0.05, 0.1) is 13.2 Å². The molecule has 0 aliphatic carbocycles. The van der Waals surface area contributed by atoms with Crippen LogP contribution in [-0.4, -0.2) is 71.0 Å².